The van der Waals surface area contributed by atoms with Crippen LogP contribution in [-0.4, -0.2) is 51.2 Å². The lowest BCUT2D eigenvalue weighted by atomic mass is 10.1. The number of amides is 3. The minimum atomic E-state index is -0.631. The first-order valence-electron chi connectivity index (χ1n) is 9.50. The molecular weight excluding hydrogens is 452 g/mol. The molecule has 1 fully saturated rings. The van der Waals surface area contributed by atoms with E-state index in [1.165, 1.54) is 17.3 Å². The van der Waals surface area contributed by atoms with Gasteiger partial charge in [0.15, 0.2) is 4.32 Å². The second-order valence-electron chi connectivity index (χ2n) is 6.61. The van der Waals surface area contributed by atoms with E-state index in [1.54, 1.807) is 43.3 Å². The molecule has 0 atom stereocenters. The van der Waals surface area contributed by atoms with Crippen LogP contribution in [0.4, 0.5) is 5.69 Å². The zero-order valence-corrected chi connectivity index (χ0v) is 18.4. The minimum Gasteiger partial charge on any atom is -0.465 e. The molecule has 1 aromatic heterocycles. The Bertz CT molecular complexity index is 1180. The first-order chi connectivity index (χ1) is 15.4. The van der Waals surface area contributed by atoms with E-state index in [1.807, 2.05) is 0 Å². The standard InChI is InChI=1S/C21H16N4O5S2/c1-2-30-15(26)11-24-14-8-4-3-7-13(14)16(19(24)28)17-20(29)25(21(31)32-17)23-18(27)12-6-5-9-22-10-12/h3-10H,2,11H2,1H3,(H,23,27)/b17-16+. The number of hydrogen-bond donors (Lipinski definition) is 1. The molecule has 1 aromatic carbocycles. The number of carbonyl (C=O) groups excluding carboxylic acids is 4. The van der Waals surface area contributed by atoms with Crippen molar-refractivity contribution in [2.75, 3.05) is 18.1 Å². The van der Waals surface area contributed by atoms with E-state index in [-0.39, 0.29) is 33.5 Å². The Labute approximate surface area is 192 Å². The van der Waals surface area contributed by atoms with E-state index in [9.17, 15) is 19.2 Å². The first kappa shape index (κ1) is 21.7. The van der Waals surface area contributed by atoms with Crippen LogP contribution in [0.3, 0.4) is 0 Å². The minimum absolute atomic E-state index is 0.0730. The fourth-order valence-corrected chi connectivity index (χ4v) is 4.52. The van der Waals surface area contributed by atoms with Gasteiger partial charge >= 0.3 is 5.97 Å². The Hall–Kier alpha value is -3.57. The normalized spacial score (nSPS) is 17.6. The molecule has 0 bridgehead atoms. The molecule has 32 heavy (non-hydrogen) atoms. The molecule has 1 saturated heterocycles. The molecule has 4 rings (SSSR count). The smallest absolute Gasteiger partial charge is 0.326 e. The molecule has 0 spiro atoms. The van der Waals surface area contributed by atoms with Crippen LogP contribution < -0.4 is 10.3 Å². The van der Waals surface area contributed by atoms with Crippen molar-refractivity contribution < 1.29 is 23.9 Å². The lowest BCUT2D eigenvalue weighted by Gasteiger charge is -2.16. The Kier molecular flexibility index (Phi) is 6.01. The zero-order chi connectivity index (χ0) is 22.8. The quantitative estimate of drug-likeness (QED) is 0.403. The summed E-state index contributed by atoms with van der Waals surface area (Å²) >= 11 is 6.18. The van der Waals surface area contributed by atoms with E-state index in [0.29, 0.717) is 11.3 Å². The van der Waals surface area contributed by atoms with Crippen LogP contribution in [0, 0.1) is 0 Å². The molecule has 0 saturated carbocycles. The maximum atomic E-state index is 13.2. The van der Waals surface area contributed by atoms with Gasteiger partial charge in [-0.2, -0.15) is 5.01 Å². The van der Waals surface area contributed by atoms with E-state index in [0.717, 1.165) is 16.8 Å². The van der Waals surface area contributed by atoms with Gasteiger partial charge in [0.1, 0.15) is 6.54 Å². The van der Waals surface area contributed by atoms with Crippen molar-refractivity contribution in [2.45, 2.75) is 6.92 Å². The summed E-state index contributed by atoms with van der Waals surface area (Å²) in [6, 6.07) is 9.96. The third kappa shape index (κ3) is 3.87. The third-order valence-corrected chi connectivity index (χ3v) is 6.02. The highest BCUT2D eigenvalue weighted by atomic mass is 32.2. The predicted octanol–water partition coefficient (Wildman–Crippen LogP) is 1.91. The maximum absolute atomic E-state index is 13.2. The van der Waals surface area contributed by atoms with Crippen LogP contribution in [0.25, 0.3) is 5.57 Å². The number of aromatic nitrogens is 1. The average Bonchev–Trinajstić information content (AvgIpc) is 3.22. The summed E-state index contributed by atoms with van der Waals surface area (Å²) in [5.74, 6) is -2.28. The first-order valence-corrected chi connectivity index (χ1v) is 10.7. The molecule has 2 aliphatic rings. The van der Waals surface area contributed by atoms with Gasteiger partial charge < -0.3 is 4.74 Å². The van der Waals surface area contributed by atoms with Crippen molar-refractivity contribution in [1.29, 1.82) is 0 Å². The summed E-state index contributed by atoms with van der Waals surface area (Å²) in [6.45, 7) is 1.57. The van der Waals surface area contributed by atoms with Crippen molar-refractivity contribution in [3.8, 4) is 0 Å². The van der Waals surface area contributed by atoms with Gasteiger partial charge in [0.25, 0.3) is 17.7 Å². The molecule has 0 unspecified atom stereocenters. The number of fused-ring (bicyclic) bond motifs is 1. The van der Waals surface area contributed by atoms with Crippen LogP contribution >= 0.6 is 24.0 Å². The number of thioether (sulfide) groups is 1. The van der Waals surface area contributed by atoms with Gasteiger partial charge in [0, 0.05) is 18.0 Å². The summed E-state index contributed by atoms with van der Waals surface area (Å²) < 4.78 is 5.04. The largest absolute Gasteiger partial charge is 0.465 e. The van der Waals surface area contributed by atoms with E-state index in [4.69, 9.17) is 17.0 Å². The molecule has 1 N–H and O–H groups in total. The number of hydrogen-bond acceptors (Lipinski definition) is 8. The Morgan fingerprint density at radius 1 is 1.16 bits per heavy atom. The Balaban J connectivity index is 1.66. The Morgan fingerprint density at radius 2 is 1.94 bits per heavy atom. The van der Waals surface area contributed by atoms with Gasteiger partial charge in [-0.3, -0.25) is 34.5 Å². The lowest BCUT2D eigenvalue weighted by molar-refractivity contribution is -0.142. The summed E-state index contributed by atoms with van der Waals surface area (Å²) in [6.07, 6.45) is 2.88. The van der Waals surface area contributed by atoms with Gasteiger partial charge in [-0.05, 0) is 37.3 Å². The van der Waals surface area contributed by atoms with Crippen molar-refractivity contribution >= 4 is 63.3 Å². The molecule has 11 heteroatoms. The molecule has 0 aliphatic carbocycles. The molecule has 162 valence electrons. The highest BCUT2D eigenvalue weighted by Crippen LogP contribution is 2.44. The fraction of sp³-hybridized carbons (Fsp3) is 0.143. The second kappa shape index (κ2) is 8.89. The zero-order valence-electron chi connectivity index (χ0n) is 16.7. The molecular formula is C21H16N4O5S2. The topological polar surface area (TPSA) is 109 Å². The van der Waals surface area contributed by atoms with E-state index >= 15 is 0 Å². The summed E-state index contributed by atoms with van der Waals surface area (Å²) in [7, 11) is 0. The Morgan fingerprint density at radius 3 is 2.66 bits per heavy atom. The van der Waals surface area contributed by atoms with Crippen LogP contribution in [0.1, 0.15) is 22.8 Å². The highest BCUT2D eigenvalue weighted by molar-refractivity contribution is 8.26. The summed E-state index contributed by atoms with van der Waals surface area (Å²) in [5, 5.41) is 0.932. The number of esters is 1. The number of benzene rings is 1. The van der Waals surface area contributed by atoms with Gasteiger partial charge in [-0.15, -0.1) is 0 Å². The van der Waals surface area contributed by atoms with Gasteiger partial charge in [-0.1, -0.05) is 30.0 Å². The number of pyridine rings is 1. The molecule has 0 radical (unpaired) electrons. The second-order valence-corrected chi connectivity index (χ2v) is 8.25. The van der Waals surface area contributed by atoms with Crippen LogP contribution in [0.2, 0.25) is 0 Å². The van der Waals surface area contributed by atoms with Crippen LogP contribution in [0.5, 0.6) is 0 Å². The van der Waals surface area contributed by atoms with Crippen molar-refractivity contribution in [3.63, 3.8) is 0 Å². The van der Waals surface area contributed by atoms with Crippen LogP contribution in [0.15, 0.2) is 53.7 Å². The number of rotatable bonds is 5. The van der Waals surface area contributed by atoms with Crippen LogP contribution in [-0.2, 0) is 19.1 Å². The predicted molar refractivity (Wildman–Crippen MR) is 121 cm³/mol. The maximum Gasteiger partial charge on any atom is 0.326 e. The van der Waals surface area contributed by atoms with Crippen molar-refractivity contribution in [2.24, 2.45) is 0 Å². The van der Waals surface area contributed by atoms with Gasteiger partial charge in [-0.25, -0.2) is 0 Å². The molecule has 2 aliphatic heterocycles. The lowest BCUT2D eigenvalue weighted by Crippen LogP contribution is -2.45. The van der Waals surface area contributed by atoms with Crippen molar-refractivity contribution in [1.82, 2.24) is 15.4 Å². The number of anilines is 1. The number of para-hydroxylation sites is 1. The third-order valence-electron chi connectivity index (χ3n) is 4.65. The SMILES string of the molecule is CCOC(=O)CN1C(=O)/C(=C2/SC(=S)N(NC(=O)c3cccnc3)C2=O)c2ccccc21. The number of carbonyl (C=O) groups is 4. The monoisotopic (exact) mass is 468 g/mol. The van der Waals surface area contributed by atoms with E-state index in [2.05, 4.69) is 10.4 Å². The number of nitrogens with zero attached hydrogens (tertiary/aromatic N) is 3. The van der Waals surface area contributed by atoms with E-state index < -0.39 is 23.7 Å². The number of thiocarbonyl (C=S) groups is 1. The molecule has 2 aromatic rings. The number of hydrazine groups is 1. The summed E-state index contributed by atoms with van der Waals surface area (Å²) in [4.78, 5) is 56.1. The molecule has 3 heterocycles. The molecule has 3 amide bonds. The molecule has 9 nitrogen and oxygen atoms in total. The van der Waals surface area contributed by atoms with Gasteiger partial charge in [0.05, 0.1) is 28.3 Å². The highest BCUT2D eigenvalue weighted by Gasteiger charge is 2.43. The van der Waals surface area contributed by atoms with Crippen molar-refractivity contribution in [3.05, 3.63) is 64.8 Å². The fourth-order valence-electron chi connectivity index (χ4n) is 3.27. The van der Waals surface area contributed by atoms with Gasteiger partial charge in [0.2, 0.25) is 0 Å². The number of nitrogens with one attached hydrogen (secondary N) is 1. The summed E-state index contributed by atoms with van der Waals surface area (Å²) in [5.41, 5.74) is 3.82. The number of ether oxygens (including phenoxy) is 1. The average molecular weight is 469 g/mol.